The van der Waals surface area contributed by atoms with Crippen molar-refractivity contribution in [2.75, 3.05) is 6.61 Å². The Morgan fingerprint density at radius 2 is 1.83 bits per heavy atom. The zero-order valence-corrected chi connectivity index (χ0v) is 19.4. The van der Waals surface area contributed by atoms with Crippen LogP contribution in [0.2, 0.25) is 15.1 Å². The van der Waals surface area contributed by atoms with Crippen molar-refractivity contribution in [3.63, 3.8) is 0 Å². The SMILES string of the molecule is CCn1c(CCCOc2ccc(Cl)cc2C)nnc1SCc1c(Cl)cccc1Cl. The summed E-state index contributed by atoms with van der Waals surface area (Å²) in [5.74, 6) is 2.46. The Kier molecular flexibility index (Phi) is 8.13. The largest absolute Gasteiger partial charge is 0.493 e. The van der Waals surface area contributed by atoms with Crippen molar-refractivity contribution in [1.82, 2.24) is 14.8 Å². The van der Waals surface area contributed by atoms with E-state index in [1.54, 1.807) is 11.8 Å². The normalized spacial score (nSPS) is 11.1. The first-order valence-corrected chi connectivity index (χ1v) is 11.5. The van der Waals surface area contributed by atoms with E-state index in [4.69, 9.17) is 39.5 Å². The summed E-state index contributed by atoms with van der Waals surface area (Å²) in [6.07, 6.45) is 1.64. The molecule has 0 saturated carbocycles. The third-order valence-electron chi connectivity index (χ3n) is 4.46. The van der Waals surface area contributed by atoms with Crippen LogP contribution in [0.1, 0.15) is 30.3 Å². The van der Waals surface area contributed by atoms with Crippen molar-refractivity contribution >= 4 is 46.6 Å². The monoisotopic (exact) mass is 469 g/mol. The Labute approximate surface area is 190 Å². The Balaban J connectivity index is 1.56. The van der Waals surface area contributed by atoms with Gasteiger partial charge >= 0.3 is 0 Å². The van der Waals surface area contributed by atoms with Crippen molar-refractivity contribution in [3.8, 4) is 5.75 Å². The molecule has 0 radical (unpaired) electrons. The van der Waals surface area contributed by atoms with Gasteiger partial charge in [-0.15, -0.1) is 10.2 Å². The summed E-state index contributed by atoms with van der Waals surface area (Å²) in [7, 11) is 0. The molecular formula is C21H22Cl3N3OS. The molecule has 0 atom stereocenters. The molecule has 3 rings (SSSR count). The van der Waals surface area contributed by atoms with Crippen molar-refractivity contribution in [2.45, 2.75) is 44.1 Å². The van der Waals surface area contributed by atoms with Crippen LogP contribution in [0.5, 0.6) is 5.75 Å². The molecule has 0 bridgehead atoms. The molecule has 0 amide bonds. The summed E-state index contributed by atoms with van der Waals surface area (Å²) in [5, 5.41) is 11.7. The molecule has 1 heterocycles. The van der Waals surface area contributed by atoms with Gasteiger partial charge in [0.1, 0.15) is 11.6 Å². The molecule has 0 fully saturated rings. The molecule has 0 saturated heterocycles. The van der Waals surface area contributed by atoms with E-state index >= 15 is 0 Å². The fourth-order valence-electron chi connectivity index (χ4n) is 2.92. The van der Waals surface area contributed by atoms with Crippen molar-refractivity contribution in [1.29, 1.82) is 0 Å². The van der Waals surface area contributed by atoms with Crippen molar-refractivity contribution in [3.05, 3.63) is 68.4 Å². The van der Waals surface area contributed by atoms with Crippen LogP contribution in [0.3, 0.4) is 0 Å². The summed E-state index contributed by atoms with van der Waals surface area (Å²) in [6, 6.07) is 11.2. The van der Waals surface area contributed by atoms with E-state index in [9.17, 15) is 0 Å². The first-order chi connectivity index (χ1) is 14.0. The number of hydrogen-bond acceptors (Lipinski definition) is 4. The molecule has 4 nitrogen and oxygen atoms in total. The van der Waals surface area contributed by atoms with Gasteiger partial charge < -0.3 is 9.30 Å². The van der Waals surface area contributed by atoms with Gasteiger partial charge in [-0.3, -0.25) is 0 Å². The lowest BCUT2D eigenvalue weighted by Crippen LogP contribution is -2.06. The Hall–Kier alpha value is -1.40. The maximum absolute atomic E-state index is 6.27. The number of halogens is 3. The van der Waals surface area contributed by atoms with Gasteiger partial charge in [0, 0.05) is 33.8 Å². The first kappa shape index (κ1) is 22.3. The first-order valence-electron chi connectivity index (χ1n) is 9.36. The molecule has 3 aromatic rings. The predicted molar refractivity (Wildman–Crippen MR) is 122 cm³/mol. The lowest BCUT2D eigenvalue weighted by molar-refractivity contribution is 0.307. The van der Waals surface area contributed by atoms with Crippen LogP contribution in [-0.2, 0) is 18.7 Å². The summed E-state index contributed by atoms with van der Waals surface area (Å²) in [5.41, 5.74) is 1.95. The lowest BCUT2D eigenvalue weighted by Gasteiger charge is -2.10. The number of thioether (sulfide) groups is 1. The average molecular weight is 471 g/mol. The van der Waals surface area contributed by atoms with Crippen molar-refractivity contribution < 1.29 is 4.74 Å². The molecule has 0 aliphatic carbocycles. The van der Waals surface area contributed by atoms with Crippen molar-refractivity contribution in [2.24, 2.45) is 0 Å². The molecule has 2 aromatic carbocycles. The van der Waals surface area contributed by atoms with E-state index < -0.39 is 0 Å². The maximum Gasteiger partial charge on any atom is 0.191 e. The zero-order valence-electron chi connectivity index (χ0n) is 16.3. The van der Waals surface area contributed by atoms with E-state index in [1.807, 2.05) is 43.3 Å². The van der Waals surface area contributed by atoms with E-state index in [0.717, 1.165) is 47.2 Å². The summed E-state index contributed by atoms with van der Waals surface area (Å²) >= 11 is 20.1. The standard InChI is InChI=1S/C21H22Cl3N3OS/c1-3-27-20(8-5-11-28-19-10-9-15(22)12-14(19)2)25-26-21(27)29-13-16-17(23)6-4-7-18(16)24/h4,6-7,9-10,12H,3,5,8,11,13H2,1-2H3. The topological polar surface area (TPSA) is 39.9 Å². The molecule has 0 spiro atoms. The Bertz CT molecular complexity index is 958. The molecule has 8 heteroatoms. The fraction of sp³-hybridized carbons (Fsp3) is 0.333. The second kappa shape index (κ2) is 10.6. The average Bonchev–Trinajstić information content (AvgIpc) is 3.08. The minimum Gasteiger partial charge on any atom is -0.493 e. The molecule has 0 N–H and O–H groups in total. The van der Waals surface area contributed by atoms with Gasteiger partial charge in [0.25, 0.3) is 0 Å². The van der Waals surface area contributed by atoms with Gasteiger partial charge in [-0.2, -0.15) is 0 Å². The quantitative estimate of drug-likeness (QED) is 0.253. The van der Waals surface area contributed by atoms with Crippen LogP contribution in [0, 0.1) is 6.92 Å². The molecular weight excluding hydrogens is 449 g/mol. The molecule has 29 heavy (non-hydrogen) atoms. The third-order valence-corrected chi connectivity index (χ3v) is 6.39. The van der Waals surface area contributed by atoms with Crippen LogP contribution in [0.25, 0.3) is 0 Å². The summed E-state index contributed by atoms with van der Waals surface area (Å²) in [6.45, 7) is 5.49. The van der Waals surface area contributed by atoms with Gasteiger partial charge in [-0.1, -0.05) is 52.6 Å². The van der Waals surface area contributed by atoms with Gasteiger partial charge in [-0.05, 0) is 61.7 Å². The van der Waals surface area contributed by atoms with E-state index in [2.05, 4.69) is 21.7 Å². The fourth-order valence-corrected chi connectivity index (χ4v) is 4.91. The lowest BCUT2D eigenvalue weighted by atomic mass is 10.2. The predicted octanol–water partition coefficient (Wildman–Crippen LogP) is 6.87. The Morgan fingerprint density at radius 1 is 1.07 bits per heavy atom. The summed E-state index contributed by atoms with van der Waals surface area (Å²) < 4.78 is 8.00. The second-order valence-electron chi connectivity index (χ2n) is 6.49. The van der Waals surface area contributed by atoms with Gasteiger partial charge in [-0.25, -0.2) is 0 Å². The molecule has 154 valence electrons. The smallest absolute Gasteiger partial charge is 0.191 e. The minimum absolute atomic E-state index is 0.608. The highest BCUT2D eigenvalue weighted by Gasteiger charge is 2.13. The van der Waals surface area contributed by atoms with Gasteiger partial charge in [0.15, 0.2) is 5.16 Å². The number of nitrogens with zero attached hydrogens (tertiary/aromatic N) is 3. The van der Waals surface area contributed by atoms with Gasteiger partial charge in [0.2, 0.25) is 0 Å². The number of aryl methyl sites for hydroxylation is 2. The number of rotatable bonds is 9. The van der Waals surface area contributed by atoms with E-state index in [1.165, 1.54) is 0 Å². The zero-order chi connectivity index (χ0) is 20.8. The van der Waals surface area contributed by atoms with Crippen LogP contribution in [0.15, 0.2) is 41.6 Å². The van der Waals surface area contributed by atoms with Crippen LogP contribution in [-0.4, -0.2) is 21.4 Å². The molecule has 0 aliphatic rings. The van der Waals surface area contributed by atoms with Crippen LogP contribution in [0.4, 0.5) is 0 Å². The Morgan fingerprint density at radius 3 is 2.52 bits per heavy atom. The highest BCUT2D eigenvalue weighted by molar-refractivity contribution is 7.98. The summed E-state index contributed by atoms with van der Waals surface area (Å²) in [4.78, 5) is 0. The van der Waals surface area contributed by atoms with E-state index in [-0.39, 0.29) is 0 Å². The second-order valence-corrected chi connectivity index (χ2v) is 8.69. The number of benzene rings is 2. The maximum atomic E-state index is 6.27. The number of ether oxygens (including phenoxy) is 1. The highest BCUT2D eigenvalue weighted by Crippen LogP contribution is 2.31. The minimum atomic E-state index is 0.608. The number of aromatic nitrogens is 3. The van der Waals surface area contributed by atoms with Gasteiger partial charge in [0.05, 0.1) is 6.61 Å². The number of hydrogen-bond donors (Lipinski definition) is 0. The molecule has 1 aromatic heterocycles. The van der Waals surface area contributed by atoms with E-state index in [0.29, 0.717) is 27.4 Å². The molecule has 0 aliphatic heterocycles. The van der Waals surface area contributed by atoms with Crippen LogP contribution >= 0.6 is 46.6 Å². The highest BCUT2D eigenvalue weighted by atomic mass is 35.5. The van der Waals surface area contributed by atoms with Crippen LogP contribution < -0.4 is 4.74 Å². The third kappa shape index (κ3) is 5.82. The molecule has 0 unspecified atom stereocenters.